The van der Waals surface area contributed by atoms with Crippen LogP contribution in [-0.2, 0) is 19.0 Å². The molecule has 0 radical (unpaired) electrons. The molecule has 0 amide bonds. The van der Waals surface area contributed by atoms with Crippen molar-refractivity contribution in [3.63, 3.8) is 0 Å². The second kappa shape index (κ2) is 22.9. The smallest absolute Gasteiger partial charge is 0.305 e. The lowest BCUT2D eigenvalue weighted by Crippen LogP contribution is -2.60. The standard InChI is InChI=1S/C51H90O7/c1-8-10-11-12-13-14-15-16-17-18-19-20-21-22-45(52)56-34-44-46(53)47(54)48(55)49(58-44)57-39-29-31-50(6)38(33-39)25-26-40-42-28-27-41(51(42,7)32-30-43(40)50)36(5)23-24-37(9-2)35(3)4/h25,35-37,39-44,46-49,53-55H,8-24,26-34H2,1-7H3/t36-,37-,39-,40?,41-,42?,43?,44-,46-,47+,48-,49-,50+,51-/m1/s1. The number of fused-ring (bicyclic) bond motifs is 5. The number of carbonyl (C=O) groups excluding carboxylic acids is 1. The summed E-state index contributed by atoms with van der Waals surface area (Å²) < 4.78 is 18.0. The molecule has 7 nitrogen and oxygen atoms in total. The van der Waals surface area contributed by atoms with Crippen LogP contribution >= 0.6 is 0 Å². The lowest BCUT2D eigenvalue weighted by molar-refractivity contribution is -0.313. The van der Waals surface area contributed by atoms with Crippen LogP contribution in [0.1, 0.15) is 209 Å². The molecule has 0 bridgehead atoms. The Morgan fingerprint density at radius 1 is 0.793 bits per heavy atom. The summed E-state index contributed by atoms with van der Waals surface area (Å²) in [5.41, 5.74) is 2.13. The van der Waals surface area contributed by atoms with Gasteiger partial charge in [-0.1, -0.05) is 150 Å². The van der Waals surface area contributed by atoms with Gasteiger partial charge in [0.2, 0.25) is 0 Å². The molecule has 4 aliphatic carbocycles. The maximum Gasteiger partial charge on any atom is 0.305 e. The fourth-order valence-corrected chi connectivity index (χ4v) is 13.3. The Morgan fingerprint density at radius 3 is 2.09 bits per heavy atom. The molecule has 0 aromatic heterocycles. The average Bonchev–Trinajstić information content (AvgIpc) is 3.56. The number of aliphatic hydroxyl groups is 3. The summed E-state index contributed by atoms with van der Waals surface area (Å²) in [7, 11) is 0. The Balaban J connectivity index is 1.04. The van der Waals surface area contributed by atoms with E-state index in [1.165, 1.54) is 115 Å². The largest absolute Gasteiger partial charge is 0.463 e. The zero-order valence-electron chi connectivity index (χ0n) is 38.4. The molecular weight excluding hydrogens is 725 g/mol. The van der Waals surface area contributed by atoms with E-state index in [0.29, 0.717) is 17.8 Å². The SMILES string of the molecule is CCCCCCCCCCCCCCCC(=O)OC[C@H]1O[C@@H](O[C@@H]2CC[C@@]3(C)C(=CCC4C3CC[C@@]3(C)C4CC[C@@H]3[C@H](C)CC[C@@H](CC)C(C)C)C2)[C@H](O)[C@@H](O)[C@@H]1O. The number of rotatable bonds is 24. The first-order chi connectivity index (χ1) is 27.8. The van der Waals surface area contributed by atoms with Crippen LogP contribution < -0.4 is 0 Å². The third kappa shape index (κ3) is 11.9. The summed E-state index contributed by atoms with van der Waals surface area (Å²) in [5, 5.41) is 32.5. The number of aliphatic hydroxyl groups excluding tert-OH is 3. The Hall–Kier alpha value is -0.990. The van der Waals surface area contributed by atoms with Gasteiger partial charge in [-0.3, -0.25) is 4.79 Å². The van der Waals surface area contributed by atoms with Crippen LogP contribution in [0.15, 0.2) is 11.6 Å². The van der Waals surface area contributed by atoms with Gasteiger partial charge < -0.3 is 29.5 Å². The summed E-state index contributed by atoms with van der Waals surface area (Å²) in [4.78, 5) is 12.6. The quantitative estimate of drug-likeness (QED) is 0.0506. The fourth-order valence-electron chi connectivity index (χ4n) is 13.3. The molecule has 14 atom stereocenters. The minimum Gasteiger partial charge on any atom is -0.463 e. The highest BCUT2D eigenvalue weighted by Crippen LogP contribution is 2.67. The number of unbranched alkanes of at least 4 members (excludes halogenated alkanes) is 12. The van der Waals surface area contributed by atoms with E-state index in [9.17, 15) is 20.1 Å². The zero-order chi connectivity index (χ0) is 41.9. The zero-order valence-corrected chi connectivity index (χ0v) is 38.4. The first-order valence-corrected chi connectivity index (χ1v) is 25.0. The van der Waals surface area contributed by atoms with Gasteiger partial charge in [0.15, 0.2) is 6.29 Å². The Bertz CT molecular complexity index is 1250. The molecule has 336 valence electrons. The molecule has 5 rings (SSSR count). The molecule has 1 aliphatic heterocycles. The third-order valence-electron chi connectivity index (χ3n) is 17.2. The highest BCUT2D eigenvalue weighted by Gasteiger charge is 2.59. The molecule has 1 heterocycles. The third-order valence-corrected chi connectivity index (χ3v) is 17.2. The molecule has 0 aromatic carbocycles. The number of ether oxygens (including phenoxy) is 3. The van der Waals surface area contributed by atoms with E-state index in [1.807, 2.05) is 0 Å². The van der Waals surface area contributed by atoms with Crippen molar-refractivity contribution in [2.45, 2.75) is 246 Å². The van der Waals surface area contributed by atoms with Gasteiger partial charge in [-0.2, -0.15) is 0 Å². The second-order valence-corrected chi connectivity index (χ2v) is 21.1. The number of hydrogen-bond acceptors (Lipinski definition) is 7. The average molecular weight is 815 g/mol. The van der Waals surface area contributed by atoms with E-state index in [4.69, 9.17) is 14.2 Å². The first-order valence-electron chi connectivity index (χ1n) is 25.0. The monoisotopic (exact) mass is 815 g/mol. The summed E-state index contributed by atoms with van der Waals surface area (Å²) in [6.45, 7) is 17.0. The van der Waals surface area contributed by atoms with Crippen molar-refractivity contribution >= 4 is 5.97 Å². The maximum atomic E-state index is 12.6. The molecule has 3 N–H and O–H groups in total. The van der Waals surface area contributed by atoms with Gasteiger partial charge >= 0.3 is 5.97 Å². The fraction of sp³-hybridized carbons (Fsp3) is 0.941. The van der Waals surface area contributed by atoms with Gasteiger partial charge in [0, 0.05) is 6.42 Å². The summed E-state index contributed by atoms with van der Waals surface area (Å²) in [5.74, 6) is 5.24. The van der Waals surface area contributed by atoms with Crippen molar-refractivity contribution in [1.82, 2.24) is 0 Å². The Kier molecular flexibility index (Phi) is 19.0. The predicted molar refractivity (Wildman–Crippen MR) is 235 cm³/mol. The molecule has 3 saturated carbocycles. The normalized spacial score (nSPS) is 37.1. The van der Waals surface area contributed by atoms with Crippen LogP contribution in [0.3, 0.4) is 0 Å². The van der Waals surface area contributed by atoms with Crippen LogP contribution in [0.25, 0.3) is 0 Å². The number of esters is 1. The van der Waals surface area contributed by atoms with E-state index >= 15 is 0 Å². The van der Waals surface area contributed by atoms with Crippen molar-refractivity contribution in [3.8, 4) is 0 Å². The van der Waals surface area contributed by atoms with Crippen LogP contribution in [0, 0.1) is 52.3 Å². The molecule has 58 heavy (non-hydrogen) atoms. The summed E-state index contributed by atoms with van der Waals surface area (Å²) >= 11 is 0. The summed E-state index contributed by atoms with van der Waals surface area (Å²) in [6, 6.07) is 0. The Morgan fingerprint density at radius 2 is 1.45 bits per heavy atom. The van der Waals surface area contributed by atoms with E-state index in [1.54, 1.807) is 0 Å². The molecule has 0 spiro atoms. The maximum absolute atomic E-state index is 12.6. The Labute approximate surface area is 355 Å². The van der Waals surface area contributed by atoms with Crippen LogP contribution in [0.2, 0.25) is 0 Å². The highest BCUT2D eigenvalue weighted by atomic mass is 16.7. The number of allylic oxidation sites excluding steroid dienone is 1. The lowest BCUT2D eigenvalue weighted by Gasteiger charge is -2.58. The van der Waals surface area contributed by atoms with Crippen LogP contribution in [0.4, 0.5) is 0 Å². The number of carbonyl (C=O) groups is 1. The van der Waals surface area contributed by atoms with Gasteiger partial charge in [-0.25, -0.2) is 0 Å². The van der Waals surface area contributed by atoms with Crippen LogP contribution in [-0.4, -0.2) is 64.7 Å². The van der Waals surface area contributed by atoms with Gasteiger partial charge in [0.1, 0.15) is 31.0 Å². The topological polar surface area (TPSA) is 105 Å². The van der Waals surface area contributed by atoms with Crippen molar-refractivity contribution < 1.29 is 34.3 Å². The van der Waals surface area contributed by atoms with Crippen LogP contribution in [0.5, 0.6) is 0 Å². The van der Waals surface area contributed by atoms with Crippen molar-refractivity contribution in [3.05, 3.63) is 11.6 Å². The lowest BCUT2D eigenvalue weighted by atomic mass is 9.47. The van der Waals surface area contributed by atoms with Gasteiger partial charge in [0.25, 0.3) is 0 Å². The minimum absolute atomic E-state index is 0.139. The molecule has 1 saturated heterocycles. The first kappa shape index (κ1) is 48.0. The number of hydrogen-bond donors (Lipinski definition) is 3. The van der Waals surface area contributed by atoms with Gasteiger partial charge in [-0.05, 0) is 116 Å². The van der Waals surface area contributed by atoms with Gasteiger partial charge in [0.05, 0.1) is 6.10 Å². The predicted octanol–water partition coefficient (Wildman–Crippen LogP) is 11.9. The summed E-state index contributed by atoms with van der Waals surface area (Å²) in [6.07, 6.45) is 26.1. The molecule has 0 aromatic rings. The molecular formula is C51H90O7. The van der Waals surface area contributed by atoms with Crippen molar-refractivity contribution in [2.24, 2.45) is 52.3 Å². The van der Waals surface area contributed by atoms with E-state index in [0.717, 1.165) is 80.5 Å². The molecule has 3 unspecified atom stereocenters. The van der Waals surface area contributed by atoms with E-state index in [2.05, 4.69) is 54.5 Å². The molecule has 7 heteroatoms. The van der Waals surface area contributed by atoms with Gasteiger partial charge in [-0.15, -0.1) is 0 Å². The molecule has 4 fully saturated rings. The van der Waals surface area contributed by atoms with E-state index in [-0.39, 0.29) is 24.1 Å². The van der Waals surface area contributed by atoms with Crippen molar-refractivity contribution in [2.75, 3.05) is 6.61 Å². The molecule has 5 aliphatic rings. The van der Waals surface area contributed by atoms with E-state index < -0.39 is 30.7 Å². The highest BCUT2D eigenvalue weighted by molar-refractivity contribution is 5.69. The van der Waals surface area contributed by atoms with Crippen molar-refractivity contribution in [1.29, 1.82) is 0 Å². The second-order valence-electron chi connectivity index (χ2n) is 21.1. The minimum atomic E-state index is -1.44.